The summed E-state index contributed by atoms with van der Waals surface area (Å²) in [6, 6.07) is 45.3. The Balaban J connectivity index is 0.00000289. The molecule has 4 aromatic heterocycles. The van der Waals surface area contributed by atoms with E-state index in [0.29, 0.717) is 0 Å². The van der Waals surface area contributed by atoms with Crippen molar-refractivity contribution in [3.8, 4) is 28.6 Å². The molecule has 0 aliphatic rings. The van der Waals surface area contributed by atoms with Gasteiger partial charge in [0.15, 0.2) is 0 Å². The molecular formula is C37H24N6Pt. The number of benzene rings is 5. The molecule has 0 amide bonds. The minimum Gasteiger partial charge on any atom is -0.353 e. The van der Waals surface area contributed by atoms with E-state index in [4.69, 9.17) is 4.98 Å². The standard InChI is InChI=1S/C37H24N6.Pt/c1-40-36(43-33-16-6-3-12-28(33)29-13-4-7-17-34(29)43)24-38-37(40)25-18-19-31-30-14-2-5-15-32(30)42(35(31)22-25)27-11-8-10-26(23-27)41-21-9-20-39-41;/h2-21,24H,1H3;/q-2;+2. The second kappa shape index (κ2) is 10.2. The van der Waals surface area contributed by atoms with E-state index < -0.39 is 0 Å². The average molecular weight is 748 g/mol. The molecule has 0 N–H and O–H groups in total. The van der Waals surface area contributed by atoms with Crippen LogP contribution in [0.5, 0.6) is 0 Å². The van der Waals surface area contributed by atoms with E-state index >= 15 is 0 Å². The molecule has 0 atom stereocenters. The predicted octanol–water partition coefficient (Wildman–Crippen LogP) is 8.06. The van der Waals surface area contributed by atoms with Crippen LogP contribution < -0.4 is 0 Å². The van der Waals surface area contributed by atoms with Gasteiger partial charge in [-0.1, -0.05) is 65.7 Å². The SMILES string of the molecule is Cn1c(-n2c3ccccc3c3ccccc32)cnc1-c1[c-]c2c(cc1)c1ccccc1n2-c1[c-]c(-n2cccn2)ccc1.[Pt+2]. The molecule has 9 aromatic rings. The summed E-state index contributed by atoms with van der Waals surface area (Å²) in [5.74, 6) is 1.85. The maximum atomic E-state index is 4.95. The van der Waals surface area contributed by atoms with Crippen molar-refractivity contribution in [3.63, 3.8) is 0 Å². The zero-order valence-corrected chi connectivity index (χ0v) is 25.9. The maximum absolute atomic E-state index is 4.95. The summed E-state index contributed by atoms with van der Waals surface area (Å²) in [7, 11) is 2.08. The Morgan fingerprint density at radius 1 is 0.591 bits per heavy atom. The molecule has 44 heavy (non-hydrogen) atoms. The predicted molar refractivity (Wildman–Crippen MR) is 172 cm³/mol. The van der Waals surface area contributed by atoms with Crippen LogP contribution in [0, 0.1) is 12.1 Å². The molecule has 0 aliphatic carbocycles. The van der Waals surface area contributed by atoms with Crippen LogP contribution in [0.4, 0.5) is 0 Å². The Morgan fingerprint density at radius 2 is 1.23 bits per heavy atom. The molecule has 0 aliphatic heterocycles. The molecule has 0 unspecified atom stereocenters. The summed E-state index contributed by atoms with van der Waals surface area (Å²) in [5, 5.41) is 9.17. The summed E-state index contributed by atoms with van der Waals surface area (Å²) >= 11 is 0. The Morgan fingerprint density at radius 3 is 1.91 bits per heavy atom. The van der Waals surface area contributed by atoms with Crippen molar-refractivity contribution < 1.29 is 21.1 Å². The van der Waals surface area contributed by atoms with Gasteiger partial charge >= 0.3 is 21.1 Å². The van der Waals surface area contributed by atoms with Gasteiger partial charge in [0.1, 0.15) is 5.82 Å². The monoisotopic (exact) mass is 747 g/mol. The molecule has 5 aromatic carbocycles. The molecule has 4 heterocycles. The van der Waals surface area contributed by atoms with E-state index in [1.54, 1.807) is 6.20 Å². The molecule has 0 spiro atoms. The van der Waals surface area contributed by atoms with Crippen LogP contribution in [0.2, 0.25) is 0 Å². The number of nitrogens with zero attached hydrogens (tertiary/aromatic N) is 6. The fraction of sp³-hybridized carbons (Fsp3) is 0.0270. The van der Waals surface area contributed by atoms with E-state index in [1.807, 2.05) is 35.3 Å². The maximum Gasteiger partial charge on any atom is 2.00 e. The van der Waals surface area contributed by atoms with Crippen molar-refractivity contribution in [2.45, 2.75) is 0 Å². The van der Waals surface area contributed by atoms with Gasteiger partial charge in [0.25, 0.3) is 0 Å². The molecular weight excluding hydrogens is 724 g/mol. The Hall–Kier alpha value is -5.19. The zero-order valence-electron chi connectivity index (χ0n) is 23.6. The third-order valence-electron chi connectivity index (χ3n) is 8.35. The van der Waals surface area contributed by atoms with Gasteiger partial charge in [-0.25, -0.2) is 0 Å². The van der Waals surface area contributed by atoms with E-state index in [0.717, 1.165) is 56.0 Å². The van der Waals surface area contributed by atoms with Gasteiger partial charge in [-0.15, -0.1) is 42.0 Å². The molecule has 0 saturated carbocycles. The number of para-hydroxylation sites is 3. The van der Waals surface area contributed by atoms with Crippen LogP contribution in [-0.2, 0) is 28.1 Å². The molecule has 0 fully saturated rings. The van der Waals surface area contributed by atoms with Gasteiger partial charge in [0, 0.05) is 35.7 Å². The molecule has 0 bridgehead atoms. The fourth-order valence-corrected chi connectivity index (χ4v) is 6.42. The third-order valence-corrected chi connectivity index (χ3v) is 8.35. The largest absolute Gasteiger partial charge is 2.00 e. The Bertz CT molecular complexity index is 2420. The number of imidazole rings is 1. The number of aromatic nitrogens is 6. The van der Waals surface area contributed by atoms with Gasteiger partial charge in [0.2, 0.25) is 0 Å². The second-order valence-electron chi connectivity index (χ2n) is 10.7. The van der Waals surface area contributed by atoms with Gasteiger partial charge in [-0.05, 0) is 40.9 Å². The van der Waals surface area contributed by atoms with Crippen LogP contribution >= 0.6 is 0 Å². The van der Waals surface area contributed by atoms with E-state index in [9.17, 15) is 0 Å². The van der Waals surface area contributed by atoms with E-state index in [-0.39, 0.29) is 21.1 Å². The number of hydrogen-bond acceptors (Lipinski definition) is 2. The number of rotatable bonds is 4. The summed E-state index contributed by atoms with van der Waals surface area (Å²) in [4.78, 5) is 4.95. The van der Waals surface area contributed by atoms with Crippen molar-refractivity contribution in [1.82, 2.24) is 28.5 Å². The smallest absolute Gasteiger partial charge is 0.353 e. The normalized spacial score (nSPS) is 11.6. The molecule has 6 nitrogen and oxygen atoms in total. The first-order valence-electron chi connectivity index (χ1n) is 14.2. The summed E-state index contributed by atoms with van der Waals surface area (Å²) in [5.41, 5.74) is 7.13. The van der Waals surface area contributed by atoms with Crippen LogP contribution in [0.3, 0.4) is 0 Å². The van der Waals surface area contributed by atoms with Crippen molar-refractivity contribution in [2.75, 3.05) is 0 Å². The second-order valence-corrected chi connectivity index (χ2v) is 10.7. The first-order valence-corrected chi connectivity index (χ1v) is 14.2. The molecule has 0 saturated heterocycles. The van der Waals surface area contributed by atoms with Crippen molar-refractivity contribution in [3.05, 3.63) is 140 Å². The molecule has 7 heteroatoms. The van der Waals surface area contributed by atoms with E-state index in [2.05, 4.69) is 129 Å². The van der Waals surface area contributed by atoms with Gasteiger partial charge in [0.05, 0.1) is 23.1 Å². The summed E-state index contributed by atoms with van der Waals surface area (Å²) < 4.78 is 8.52. The summed E-state index contributed by atoms with van der Waals surface area (Å²) in [6.45, 7) is 0. The average Bonchev–Trinajstić information content (AvgIpc) is 3.85. The zero-order chi connectivity index (χ0) is 28.5. The first kappa shape index (κ1) is 26.4. The Labute approximate surface area is 267 Å². The van der Waals surface area contributed by atoms with Crippen LogP contribution in [0.1, 0.15) is 0 Å². The third kappa shape index (κ3) is 3.84. The van der Waals surface area contributed by atoms with Crippen molar-refractivity contribution >= 4 is 43.6 Å². The Kier molecular flexibility index (Phi) is 6.14. The van der Waals surface area contributed by atoms with Crippen molar-refractivity contribution in [2.24, 2.45) is 7.05 Å². The quantitative estimate of drug-likeness (QED) is 0.171. The summed E-state index contributed by atoms with van der Waals surface area (Å²) in [6.07, 6.45) is 5.67. The van der Waals surface area contributed by atoms with Crippen LogP contribution in [-0.4, -0.2) is 28.5 Å². The minimum absolute atomic E-state index is 0. The number of fused-ring (bicyclic) bond motifs is 6. The van der Waals surface area contributed by atoms with Gasteiger partial charge < -0.3 is 9.13 Å². The number of hydrogen-bond donors (Lipinski definition) is 0. The minimum atomic E-state index is 0. The molecule has 212 valence electrons. The van der Waals surface area contributed by atoms with Crippen molar-refractivity contribution in [1.29, 1.82) is 0 Å². The molecule has 9 rings (SSSR count). The van der Waals surface area contributed by atoms with E-state index in [1.165, 1.54) is 16.2 Å². The topological polar surface area (TPSA) is 45.5 Å². The van der Waals surface area contributed by atoms with Gasteiger partial charge in [-0.3, -0.25) is 14.2 Å². The fourth-order valence-electron chi connectivity index (χ4n) is 6.42. The molecule has 0 radical (unpaired) electrons. The van der Waals surface area contributed by atoms with Crippen LogP contribution in [0.25, 0.3) is 72.2 Å². The van der Waals surface area contributed by atoms with Crippen LogP contribution in [0.15, 0.2) is 128 Å². The van der Waals surface area contributed by atoms with Gasteiger partial charge in [-0.2, -0.15) is 11.2 Å². The first-order chi connectivity index (χ1) is 21.3.